The van der Waals surface area contributed by atoms with Gasteiger partial charge in [0, 0.05) is 28.1 Å². The van der Waals surface area contributed by atoms with Crippen molar-refractivity contribution in [1.29, 1.82) is 0 Å². The highest BCUT2D eigenvalue weighted by Crippen LogP contribution is 2.41. The van der Waals surface area contributed by atoms with Gasteiger partial charge in [-0.2, -0.15) is 0 Å². The summed E-state index contributed by atoms with van der Waals surface area (Å²) in [5.41, 5.74) is 14.3. The molecule has 0 aliphatic carbocycles. The molecule has 0 radical (unpaired) electrons. The molecule has 8 nitrogen and oxygen atoms in total. The van der Waals surface area contributed by atoms with Crippen molar-refractivity contribution in [3.8, 4) is 16.9 Å². The predicted octanol–water partition coefficient (Wildman–Crippen LogP) is 6.39. The maximum absolute atomic E-state index is 13.5. The number of ether oxygens (including phenoxy) is 3. The first kappa shape index (κ1) is 27.2. The molecule has 1 unspecified atom stereocenters. The third-order valence-corrected chi connectivity index (χ3v) is 8.45. The highest BCUT2D eigenvalue weighted by atomic mass is 16.7. The van der Waals surface area contributed by atoms with Crippen molar-refractivity contribution in [1.82, 2.24) is 4.98 Å². The molecule has 1 fully saturated rings. The minimum absolute atomic E-state index is 0.00549. The second kappa shape index (κ2) is 9.97. The zero-order chi connectivity index (χ0) is 30.0. The normalized spacial score (nSPS) is 17.6. The van der Waals surface area contributed by atoms with Crippen molar-refractivity contribution in [3.63, 3.8) is 0 Å². The van der Waals surface area contributed by atoms with Crippen molar-refractivity contribution in [2.45, 2.75) is 46.1 Å². The third-order valence-electron chi connectivity index (χ3n) is 8.45. The number of aryl methyl sites for hydroxylation is 1. The van der Waals surface area contributed by atoms with E-state index in [1.54, 1.807) is 6.07 Å². The van der Waals surface area contributed by atoms with Gasteiger partial charge in [0.2, 0.25) is 0 Å². The Morgan fingerprint density at radius 2 is 1.88 bits per heavy atom. The van der Waals surface area contributed by atoms with Gasteiger partial charge in [-0.05, 0) is 80.3 Å². The van der Waals surface area contributed by atoms with Crippen molar-refractivity contribution in [2.24, 2.45) is 5.73 Å². The molecule has 3 N–H and O–H groups in total. The molecule has 1 saturated heterocycles. The Hall–Kier alpha value is -4.66. The first-order chi connectivity index (χ1) is 20.6. The van der Waals surface area contributed by atoms with Crippen LogP contribution < -0.4 is 15.4 Å². The van der Waals surface area contributed by atoms with Crippen molar-refractivity contribution >= 4 is 39.3 Å². The summed E-state index contributed by atoms with van der Waals surface area (Å²) < 4.78 is 17.6. The van der Waals surface area contributed by atoms with Crippen LogP contribution in [0.4, 0.5) is 5.69 Å². The number of H-pyrrole nitrogens is 1. The summed E-state index contributed by atoms with van der Waals surface area (Å²) in [6.07, 6.45) is -0.156. The molecule has 1 atom stereocenters. The quantitative estimate of drug-likeness (QED) is 0.244. The third kappa shape index (κ3) is 4.63. The molecule has 8 heteroatoms. The maximum atomic E-state index is 13.5. The number of aromatic amines is 1. The number of rotatable bonds is 6. The van der Waals surface area contributed by atoms with Crippen molar-refractivity contribution < 1.29 is 23.8 Å². The van der Waals surface area contributed by atoms with E-state index in [0.29, 0.717) is 36.6 Å². The molecule has 0 spiro atoms. The lowest BCUT2D eigenvalue weighted by molar-refractivity contribution is -0.141. The minimum atomic E-state index is -0.614. The standard InChI is InChI=1S/C35H33N3O5/c1-19-8-9-21-16-38(34(40)28(21)14-19)30-7-5-6-24(20(30)2)25-12-13-27(33(36)39)32-31(25)26-11-10-22(15-29(26)37-32)41-17-23-18-42-35(3,4)43-23/h5-15,23,37H,16-18H2,1-4H3,(H2,36,39). The van der Waals surface area contributed by atoms with E-state index in [0.717, 1.165) is 55.4 Å². The fourth-order valence-corrected chi connectivity index (χ4v) is 6.36. The molecule has 3 heterocycles. The summed E-state index contributed by atoms with van der Waals surface area (Å²) in [6, 6.07) is 21.6. The second-order valence-corrected chi connectivity index (χ2v) is 11.9. The monoisotopic (exact) mass is 575 g/mol. The van der Waals surface area contributed by atoms with Crippen LogP contribution in [0.3, 0.4) is 0 Å². The van der Waals surface area contributed by atoms with Gasteiger partial charge in [0.05, 0.1) is 29.7 Å². The van der Waals surface area contributed by atoms with Gasteiger partial charge >= 0.3 is 0 Å². The Morgan fingerprint density at radius 3 is 2.65 bits per heavy atom. The minimum Gasteiger partial charge on any atom is -0.491 e. The van der Waals surface area contributed by atoms with Crippen LogP contribution in [0.15, 0.2) is 66.7 Å². The zero-order valence-electron chi connectivity index (χ0n) is 24.6. The smallest absolute Gasteiger partial charge is 0.258 e. The lowest BCUT2D eigenvalue weighted by Gasteiger charge is -2.21. The number of nitrogens with zero attached hydrogens (tertiary/aromatic N) is 1. The van der Waals surface area contributed by atoms with Gasteiger partial charge in [0.25, 0.3) is 11.8 Å². The molecule has 2 aliphatic heterocycles. The number of hydrogen-bond donors (Lipinski definition) is 2. The molecule has 0 bridgehead atoms. The molecule has 2 aliphatic rings. The SMILES string of the molecule is Cc1ccc2c(c1)C(=O)N(c1cccc(-c3ccc(C(N)=O)c4[nH]c5cc(OCC6COC(C)(C)O6)ccc5c34)c1C)C2. The fourth-order valence-electron chi connectivity index (χ4n) is 6.36. The van der Waals surface area contributed by atoms with Crippen LogP contribution >= 0.6 is 0 Å². The highest BCUT2D eigenvalue weighted by molar-refractivity contribution is 6.20. The van der Waals surface area contributed by atoms with Crippen molar-refractivity contribution in [3.05, 3.63) is 94.5 Å². The zero-order valence-corrected chi connectivity index (χ0v) is 24.6. The Bertz CT molecular complexity index is 1960. The van der Waals surface area contributed by atoms with Gasteiger partial charge in [-0.15, -0.1) is 0 Å². The van der Waals surface area contributed by atoms with E-state index in [1.165, 1.54) is 0 Å². The van der Waals surface area contributed by atoms with E-state index < -0.39 is 11.7 Å². The average Bonchev–Trinajstić information content (AvgIpc) is 3.63. The Labute approximate surface area is 249 Å². The van der Waals surface area contributed by atoms with Gasteiger partial charge in [-0.3, -0.25) is 9.59 Å². The molecular formula is C35H33N3O5. The predicted molar refractivity (Wildman–Crippen MR) is 167 cm³/mol. The van der Waals surface area contributed by atoms with Gasteiger partial charge < -0.3 is 29.8 Å². The summed E-state index contributed by atoms with van der Waals surface area (Å²) in [7, 11) is 0. The van der Waals surface area contributed by atoms with Crippen LogP contribution in [0.25, 0.3) is 32.9 Å². The molecular weight excluding hydrogens is 542 g/mol. The molecule has 1 aromatic heterocycles. The van der Waals surface area contributed by atoms with Gasteiger partial charge in [0.1, 0.15) is 18.5 Å². The number of nitrogens with two attached hydrogens (primary N) is 1. The highest BCUT2D eigenvalue weighted by Gasteiger charge is 2.33. The van der Waals surface area contributed by atoms with Crippen LogP contribution in [0.5, 0.6) is 5.75 Å². The van der Waals surface area contributed by atoms with E-state index in [9.17, 15) is 9.59 Å². The van der Waals surface area contributed by atoms with Gasteiger partial charge in [-0.1, -0.05) is 35.9 Å². The average molecular weight is 576 g/mol. The number of aromatic nitrogens is 1. The lowest BCUT2D eigenvalue weighted by atomic mass is 9.93. The van der Waals surface area contributed by atoms with Crippen LogP contribution in [0.2, 0.25) is 0 Å². The van der Waals surface area contributed by atoms with E-state index in [-0.39, 0.29) is 12.0 Å². The summed E-state index contributed by atoms with van der Waals surface area (Å²) in [5, 5.41) is 1.83. The van der Waals surface area contributed by atoms with Crippen LogP contribution in [0, 0.1) is 13.8 Å². The Kier molecular flexibility index (Phi) is 6.30. The number of benzene rings is 4. The first-order valence-corrected chi connectivity index (χ1v) is 14.4. The number of hydrogen-bond acceptors (Lipinski definition) is 5. The number of primary amides is 1. The van der Waals surface area contributed by atoms with E-state index in [4.69, 9.17) is 19.9 Å². The molecule has 7 rings (SSSR count). The molecule has 218 valence electrons. The van der Waals surface area contributed by atoms with Crippen LogP contribution in [-0.4, -0.2) is 41.9 Å². The van der Waals surface area contributed by atoms with Crippen LogP contribution in [-0.2, 0) is 16.0 Å². The summed E-state index contributed by atoms with van der Waals surface area (Å²) >= 11 is 0. The topological polar surface area (TPSA) is 107 Å². The van der Waals surface area contributed by atoms with E-state index in [1.807, 2.05) is 87.2 Å². The number of anilines is 1. The summed E-state index contributed by atoms with van der Waals surface area (Å²) in [5.74, 6) is -0.445. The molecule has 2 amide bonds. The summed E-state index contributed by atoms with van der Waals surface area (Å²) in [6.45, 7) is 9.17. The van der Waals surface area contributed by atoms with Crippen LogP contribution in [0.1, 0.15) is 51.3 Å². The Morgan fingerprint density at radius 1 is 1.05 bits per heavy atom. The first-order valence-electron chi connectivity index (χ1n) is 14.4. The Balaban J connectivity index is 1.29. The molecule has 5 aromatic rings. The molecule has 0 saturated carbocycles. The number of nitrogens with one attached hydrogen (secondary N) is 1. The number of carbonyl (C=O) groups is 2. The van der Waals surface area contributed by atoms with Crippen molar-refractivity contribution in [2.75, 3.05) is 18.1 Å². The van der Waals surface area contributed by atoms with Gasteiger partial charge in [-0.25, -0.2) is 0 Å². The fraction of sp³-hybridized carbons (Fsp3) is 0.257. The molecule has 4 aromatic carbocycles. The van der Waals surface area contributed by atoms with Gasteiger partial charge in [0.15, 0.2) is 5.79 Å². The number of fused-ring (bicyclic) bond motifs is 4. The maximum Gasteiger partial charge on any atom is 0.258 e. The lowest BCUT2D eigenvalue weighted by Crippen LogP contribution is -2.25. The van der Waals surface area contributed by atoms with E-state index >= 15 is 0 Å². The van der Waals surface area contributed by atoms with E-state index in [2.05, 4.69) is 11.1 Å². The second-order valence-electron chi connectivity index (χ2n) is 11.9. The number of carbonyl (C=O) groups excluding carboxylic acids is 2. The largest absolute Gasteiger partial charge is 0.491 e. The number of amides is 2. The molecule has 43 heavy (non-hydrogen) atoms. The summed E-state index contributed by atoms with van der Waals surface area (Å²) in [4.78, 5) is 31.2.